The average Bonchev–Trinajstić information content (AvgIpc) is 2.32. The average molecular weight is 298 g/mol. The van der Waals surface area contributed by atoms with Gasteiger partial charge in [-0.3, -0.25) is 0 Å². The summed E-state index contributed by atoms with van der Waals surface area (Å²) in [5.41, 5.74) is 1.75. The minimum atomic E-state index is 0.410. The molecule has 0 spiro atoms. The Bertz CT molecular complexity index is 344. The SMILES string of the molecule is CC1(CNCc2ccc(Br)cc2)CCOCC1. The van der Waals surface area contributed by atoms with E-state index in [1.54, 1.807) is 0 Å². The summed E-state index contributed by atoms with van der Waals surface area (Å²) in [6.07, 6.45) is 2.33. The molecule has 0 bridgehead atoms. The first-order chi connectivity index (χ1) is 8.18. The van der Waals surface area contributed by atoms with Gasteiger partial charge in [0.1, 0.15) is 0 Å². The molecule has 1 heterocycles. The van der Waals surface area contributed by atoms with Gasteiger partial charge in [-0.2, -0.15) is 0 Å². The van der Waals surface area contributed by atoms with Crippen molar-refractivity contribution in [3.63, 3.8) is 0 Å². The Morgan fingerprint density at radius 2 is 1.88 bits per heavy atom. The Morgan fingerprint density at radius 3 is 2.53 bits per heavy atom. The zero-order chi connectivity index (χ0) is 12.1. The standard InChI is InChI=1S/C14H20BrNO/c1-14(6-8-17-9-7-14)11-16-10-12-2-4-13(15)5-3-12/h2-5,16H,6-11H2,1H3. The van der Waals surface area contributed by atoms with E-state index in [4.69, 9.17) is 4.74 Å². The molecule has 94 valence electrons. The molecule has 2 rings (SSSR count). The van der Waals surface area contributed by atoms with E-state index in [1.807, 2.05) is 0 Å². The summed E-state index contributed by atoms with van der Waals surface area (Å²) >= 11 is 3.45. The van der Waals surface area contributed by atoms with E-state index in [9.17, 15) is 0 Å². The van der Waals surface area contributed by atoms with Gasteiger partial charge in [-0.15, -0.1) is 0 Å². The van der Waals surface area contributed by atoms with Crippen LogP contribution in [0, 0.1) is 5.41 Å². The summed E-state index contributed by atoms with van der Waals surface area (Å²) in [6.45, 7) is 6.20. The predicted octanol–water partition coefficient (Wildman–Crippen LogP) is 3.36. The monoisotopic (exact) mass is 297 g/mol. The van der Waals surface area contributed by atoms with E-state index in [0.717, 1.165) is 30.8 Å². The Hall–Kier alpha value is -0.380. The van der Waals surface area contributed by atoms with Crippen LogP contribution in [0.5, 0.6) is 0 Å². The fourth-order valence-corrected chi connectivity index (χ4v) is 2.42. The molecule has 1 fully saturated rings. The van der Waals surface area contributed by atoms with Gasteiger partial charge in [-0.1, -0.05) is 35.0 Å². The second kappa shape index (κ2) is 5.98. The van der Waals surface area contributed by atoms with Crippen LogP contribution >= 0.6 is 15.9 Å². The van der Waals surface area contributed by atoms with E-state index < -0.39 is 0 Å². The van der Waals surface area contributed by atoms with Crippen molar-refractivity contribution in [1.29, 1.82) is 0 Å². The van der Waals surface area contributed by atoms with Crippen molar-refractivity contribution in [2.24, 2.45) is 5.41 Å². The van der Waals surface area contributed by atoms with Gasteiger partial charge in [0.05, 0.1) is 0 Å². The van der Waals surface area contributed by atoms with Gasteiger partial charge in [0.25, 0.3) is 0 Å². The van der Waals surface area contributed by atoms with E-state index >= 15 is 0 Å². The molecule has 0 aromatic heterocycles. The van der Waals surface area contributed by atoms with E-state index in [1.165, 1.54) is 18.4 Å². The van der Waals surface area contributed by atoms with Crippen LogP contribution in [-0.2, 0) is 11.3 Å². The molecule has 0 unspecified atom stereocenters. The van der Waals surface area contributed by atoms with Crippen LogP contribution in [-0.4, -0.2) is 19.8 Å². The summed E-state index contributed by atoms with van der Waals surface area (Å²) in [7, 11) is 0. The van der Waals surface area contributed by atoms with Crippen LogP contribution in [0.15, 0.2) is 28.7 Å². The third-order valence-electron chi connectivity index (χ3n) is 3.49. The van der Waals surface area contributed by atoms with Crippen LogP contribution in [0.3, 0.4) is 0 Å². The normalized spacial score (nSPS) is 19.2. The fraction of sp³-hybridized carbons (Fsp3) is 0.571. The molecule has 1 aliphatic rings. The highest BCUT2D eigenvalue weighted by molar-refractivity contribution is 9.10. The molecular weight excluding hydrogens is 278 g/mol. The molecule has 1 aromatic carbocycles. The minimum absolute atomic E-state index is 0.410. The summed E-state index contributed by atoms with van der Waals surface area (Å²) in [6, 6.07) is 8.49. The Labute approximate surface area is 112 Å². The lowest BCUT2D eigenvalue weighted by atomic mass is 9.82. The van der Waals surface area contributed by atoms with Crippen molar-refractivity contribution in [3.8, 4) is 0 Å². The number of nitrogens with one attached hydrogen (secondary N) is 1. The van der Waals surface area contributed by atoms with Gasteiger partial charge in [-0.05, 0) is 36.0 Å². The number of hydrogen-bond donors (Lipinski definition) is 1. The number of benzene rings is 1. The summed E-state index contributed by atoms with van der Waals surface area (Å²) in [5, 5.41) is 3.56. The molecule has 1 aliphatic heterocycles. The second-order valence-electron chi connectivity index (χ2n) is 5.15. The van der Waals surface area contributed by atoms with Crippen LogP contribution in [0.4, 0.5) is 0 Å². The largest absolute Gasteiger partial charge is 0.381 e. The van der Waals surface area contributed by atoms with Gasteiger partial charge in [-0.25, -0.2) is 0 Å². The maximum absolute atomic E-state index is 5.41. The van der Waals surface area contributed by atoms with Gasteiger partial charge in [0.15, 0.2) is 0 Å². The molecule has 0 aliphatic carbocycles. The quantitative estimate of drug-likeness (QED) is 0.920. The first-order valence-corrected chi connectivity index (χ1v) is 7.00. The van der Waals surface area contributed by atoms with Gasteiger partial charge >= 0.3 is 0 Å². The smallest absolute Gasteiger partial charge is 0.0471 e. The zero-order valence-corrected chi connectivity index (χ0v) is 11.9. The van der Waals surface area contributed by atoms with Crippen LogP contribution < -0.4 is 5.32 Å². The molecule has 3 heteroatoms. The number of halogens is 1. The van der Waals surface area contributed by atoms with Crippen molar-refractivity contribution < 1.29 is 4.74 Å². The molecule has 1 N–H and O–H groups in total. The summed E-state index contributed by atoms with van der Waals surface area (Å²) in [5.74, 6) is 0. The Morgan fingerprint density at radius 1 is 1.24 bits per heavy atom. The zero-order valence-electron chi connectivity index (χ0n) is 10.3. The summed E-state index contributed by atoms with van der Waals surface area (Å²) < 4.78 is 6.55. The van der Waals surface area contributed by atoms with Crippen LogP contribution in [0.2, 0.25) is 0 Å². The highest BCUT2D eigenvalue weighted by atomic mass is 79.9. The van der Waals surface area contributed by atoms with Crippen molar-refractivity contribution in [2.75, 3.05) is 19.8 Å². The maximum Gasteiger partial charge on any atom is 0.0471 e. The van der Waals surface area contributed by atoms with Gasteiger partial charge < -0.3 is 10.1 Å². The van der Waals surface area contributed by atoms with Gasteiger partial charge in [0, 0.05) is 30.8 Å². The molecule has 17 heavy (non-hydrogen) atoms. The minimum Gasteiger partial charge on any atom is -0.381 e. The molecule has 2 nitrogen and oxygen atoms in total. The maximum atomic E-state index is 5.41. The highest BCUT2D eigenvalue weighted by Gasteiger charge is 2.26. The number of hydrogen-bond acceptors (Lipinski definition) is 2. The first kappa shape index (κ1) is 13.1. The van der Waals surface area contributed by atoms with E-state index in [0.29, 0.717) is 5.41 Å². The number of ether oxygens (including phenoxy) is 1. The van der Waals surface area contributed by atoms with Crippen molar-refractivity contribution in [1.82, 2.24) is 5.32 Å². The molecular formula is C14H20BrNO. The lowest BCUT2D eigenvalue weighted by Gasteiger charge is -2.33. The fourth-order valence-electron chi connectivity index (χ4n) is 2.15. The molecule has 1 aromatic rings. The topological polar surface area (TPSA) is 21.3 Å². The van der Waals surface area contributed by atoms with Crippen LogP contribution in [0.1, 0.15) is 25.3 Å². The molecule has 0 radical (unpaired) electrons. The van der Waals surface area contributed by atoms with Crippen molar-refractivity contribution in [2.45, 2.75) is 26.3 Å². The van der Waals surface area contributed by atoms with E-state index in [-0.39, 0.29) is 0 Å². The molecule has 0 atom stereocenters. The lowest BCUT2D eigenvalue weighted by molar-refractivity contribution is 0.0240. The Kier molecular flexibility index (Phi) is 4.60. The van der Waals surface area contributed by atoms with E-state index in [2.05, 4.69) is 52.4 Å². The highest BCUT2D eigenvalue weighted by Crippen LogP contribution is 2.28. The third kappa shape index (κ3) is 4.09. The molecule has 0 amide bonds. The second-order valence-corrected chi connectivity index (χ2v) is 6.07. The van der Waals surface area contributed by atoms with Crippen molar-refractivity contribution in [3.05, 3.63) is 34.3 Å². The summed E-state index contributed by atoms with van der Waals surface area (Å²) in [4.78, 5) is 0. The predicted molar refractivity (Wildman–Crippen MR) is 74.0 cm³/mol. The third-order valence-corrected chi connectivity index (χ3v) is 4.02. The number of rotatable bonds is 4. The molecule has 0 saturated carbocycles. The first-order valence-electron chi connectivity index (χ1n) is 6.21. The van der Waals surface area contributed by atoms with Crippen molar-refractivity contribution >= 4 is 15.9 Å². The Balaban J connectivity index is 1.77. The van der Waals surface area contributed by atoms with Gasteiger partial charge in [0.2, 0.25) is 0 Å². The van der Waals surface area contributed by atoms with Crippen LogP contribution in [0.25, 0.3) is 0 Å². The lowest BCUT2D eigenvalue weighted by Crippen LogP contribution is -2.36. The molecule has 1 saturated heterocycles.